The van der Waals surface area contributed by atoms with Crippen LogP contribution in [0.2, 0.25) is 0 Å². The average molecular weight is 287 g/mol. The molecule has 20 heavy (non-hydrogen) atoms. The normalized spacial score (nSPS) is 10.8. The molecule has 0 spiro atoms. The molecule has 3 N–H and O–H groups in total. The number of carbonyl (C=O) groups is 1. The molecule has 0 amide bonds. The largest absolute Gasteiger partial charge is 0.481 e. The number of hydrogen-bond acceptors (Lipinski definition) is 4. The number of nitrogens with one attached hydrogen (secondary N) is 2. The van der Waals surface area contributed by atoms with Crippen molar-refractivity contribution < 1.29 is 9.90 Å². The highest BCUT2D eigenvalue weighted by Crippen LogP contribution is 2.23. The fraction of sp³-hybridized carbons (Fsp3) is 0.143. The van der Waals surface area contributed by atoms with Gasteiger partial charge in [0, 0.05) is 21.7 Å². The lowest BCUT2D eigenvalue weighted by Gasteiger charge is -2.05. The molecule has 0 aliphatic carbocycles. The molecule has 0 fully saturated rings. The van der Waals surface area contributed by atoms with Crippen LogP contribution in [0.25, 0.3) is 10.9 Å². The number of H-pyrrole nitrogens is 1. The summed E-state index contributed by atoms with van der Waals surface area (Å²) in [5.41, 5.74) is 1.98. The second-order valence-electron chi connectivity index (χ2n) is 4.43. The highest BCUT2D eigenvalue weighted by atomic mass is 32.1. The minimum absolute atomic E-state index is 0.0841. The van der Waals surface area contributed by atoms with Gasteiger partial charge in [-0.3, -0.25) is 9.89 Å². The minimum Gasteiger partial charge on any atom is -0.481 e. The number of hydrogen-bond donors (Lipinski definition) is 3. The van der Waals surface area contributed by atoms with Gasteiger partial charge in [-0.2, -0.15) is 5.10 Å². The standard InChI is InChI=1S/C14H13N3O2S/c18-13(19)6-10-4-5-11(20-10)8-15-12-3-1-2-9-7-16-17-14(9)12/h1-5,7,15H,6,8H2,(H,16,17)(H,18,19). The van der Waals surface area contributed by atoms with E-state index in [1.165, 1.54) is 11.3 Å². The van der Waals surface area contributed by atoms with Crippen LogP contribution in [-0.4, -0.2) is 21.3 Å². The molecule has 0 bridgehead atoms. The maximum Gasteiger partial charge on any atom is 0.308 e. The van der Waals surface area contributed by atoms with E-state index in [4.69, 9.17) is 5.11 Å². The first kappa shape index (κ1) is 12.7. The maximum absolute atomic E-state index is 10.7. The van der Waals surface area contributed by atoms with Crippen molar-refractivity contribution in [1.82, 2.24) is 10.2 Å². The first-order valence-corrected chi connectivity index (χ1v) is 6.99. The molecule has 5 nitrogen and oxygen atoms in total. The Labute approximate surface area is 119 Å². The lowest BCUT2D eigenvalue weighted by atomic mass is 10.2. The smallest absolute Gasteiger partial charge is 0.308 e. The molecule has 3 aromatic rings. The number of carboxylic acids is 1. The summed E-state index contributed by atoms with van der Waals surface area (Å²) in [4.78, 5) is 12.6. The Bertz CT molecular complexity index is 748. The summed E-state index contributed by atoms with van der Waals surface area (Å²) in [5.74, 6) is -0.798. The predicted octanol–water partition coefficient (Wildman–Crippen LogP) is 2.86. The zero-order valence-electron chi connectivity index (χ0n) is 10.6. The molecule has 0 atom stereocenters. The van der Waals surface area contributed by atoms with E-state index in [2.05, 4.69) is 15.5 Å². The van der Waals surface area contributed by atoms with E-state index in [1.807, 2.05) is 30.3 Å². The van der Waals surface area contributed by atoms with E-state index < -0.39 is 5.97 Å². The number of nitrogens with zero attached hydrogens (tertiary/aromatic N) is 1. The Balaban J connectivity index is 1.71. The molecular weight excluding hydrogens is 274 g/mol. The van der Waals surface area contributed by atoms with Crippen molar-refractivity contribution >= 4 is 33.9 Å². The van der Waals surface area contributed by atoms with E-state index >= 15 is 0 Å². The quantitative estimate of drug-likeness (QED) is 0.674. The third-order valence-electron chi connectivity index (χ3n) is 2.97. The fourth-order valence-corrected chi connectivity index (χ4v) is 3.01. The van der Waals surface area contributed by atoms with Crippen LogP contribution in [0.5, 0.6) is 0 Å². The van der Waals surface area contributed by atoms with Crippen LogP contribution in [0, 0.1) is 0 Å². The monoisotopic (exact) mass is 287 g/mol. The van der Waals surface area contributed by atoms with Gasteiger partial charge < -0.3 is 10.4 Å². The fourth-order valence-electron chi connectivity index (χ4n) is 2.06. The van der Waals surface area contributed by atoms with Crippen molar-refractivity contribution in [3.05, 3.63) is 46.3 Å². The average Bonchev–Trinajstić information content (AvgIpc) is 3.04. The van der Waals surface area contributed by atoms with Crippen molar-refractivity contribution in [3.8, 4) is 0 Å². The van der Waals surface area contributed by atoms with Gasteiger partial charge in [0.1, 0.15) is 0 Å². The summed E-state index contributed by atoms with van der Waals surface area (Å²) >= 11 is 1.52. The molecule has 2 aromatic heterocycles. The van der Waals surface area contributed by atoms with Gasteiger partial charge in [-0.15, -0.1) is 11.3 Å². The molecule has 0 saturated heterocycles. The highest BCUT2D eigenvalue weighted by molar-refractivity contribution is 7.12. The molecule has 102 valence electrons. The van der Waals surface area contributed by atoms with Crippen molar-refractivity contribution in [2.24, 2.45) is 0 Å². The highest BCUT2D eigenvalue weighted by Gasteiger charge is 2.06. The molecule has 0 saturated carbocycles. The van der Waals surface area contributed by atoms with E-state index in [0.29, 0.717) is 6.54 Å². The number of para-hydroxylation sites is 1. The number of rotatable bonds is 5. The maximum atomic E-state index is 10.7. The van der Waals surface area contributed by atoms with Gasteiger partial charge >= 0.3 is 5.97 Å². The van der Waals surface area contributed by atoms with Crippen LogP contribution < -0.4 is 5.32 Å². The molecule has 0 radical (unpaired) electrons. The van der Waals surface area contributed by atoms with Gasteiger partial charge in [-0.05, 0) is 18.2 Å². The van der Waals surface area contributed by atoms with Crippen LogP contribution in [0.3, 0.4) is 0 Å². The van der Waals surface area contributed by atoms with Gasteiger partial charge in [0.25, 0.3) is 0 Å². The zero-order valence-corrected chi connectivity index (χ0v) is 11.4. The van der Waals surface area contributed by atoms with Crippen LogP contribution in [0.1, 0.15) is 9.75 Å². The molecule has 6 heteroatoms. The third-order valence-corrected chi connectivity index (χ3v) is 4.06. The molecule has 0 aliphatic heterocycles. The summed E-state index contributed by atoms with van der Waals surface area (Å²) in [6.07, 6.45) is 1.87. The van der Waals surface area contributed by atoms with Crippen molar-refractivity contribution in [2.75, 3.05) is 5.32 Å². The van der Waals surface area contributed by atoms with Crippen LogP contribution in [0.15, 0.2) is 36.5 Å². The predicted molar refractivity (Wildman–Crippen MR) is 79.1 cm³/mol. The molecule has 3 rings (SSSR count). The van der Waals surface area contributed by atoms with Gasteiger partial charge in [0.2, 0.25) is 0 Å². The number of fused-ring (bicyclic) bond motifs is 1. The summed E-state index contributed by atoms with van der Waals surface area (Å²) in [5, 5.41) is 20.2. The topological polar surface area (TPSA) is 78.0 Å². The summed E-state index contributed by atoms with van der Waals surface area (Å²) in [6.45, 7) is 0.669. The van der Waals surface area contributed by atoms with Crippen LogP contribution in [0.4, 0.5) is 5.69 Å². The first-order valence-electron chi connectivity index (χ1n) is 6.18. The first-order chi connectivity index (χ1) is 9.72. The van der Waals surface area contributed by atoms with Crippen molar-refractivity contribution in [2.45, 2.75) is 13.0 Å². The SMILES string of the molecule is O=C(O)Cc1ccc(CNc2cccc3cn[nH]c23)s1. The number of aromatic nitrogens is 2. The summed E-state index contributed by atoms with van der Waals surface area (Å²) in [6, 6.07) is 9.80. The van der Waals surface area contributed by atoms with Crippen LogP contribution in [-0.2, 0) is 17.8 Å². The molecule has 2 heterocycles. The summed E-state index contributed by atoms with van der Waals surface area (Å²) < 4.78 is 0. The van der Waals surface area contributed by atoms with E-state index in [0.717, 1.165) is 26.3 Å². The number of benzene rings is 1. The third kappa shape index (κ3) is 2.65. The van der Waals surface area contributed by atoms with Gasteiger partial charge in [0.15, 0.2) is 0 Å². The zero-order chi connectivity index (χ0) is 13.9. The lowest BCUT2D eigenvalue weighted by Crippen LogP contribution is -1.98. The summed E-state index contributed by atoms with van der Waals surface area (Å²) in [7, 11) is 0. The Hall–Kier alpha value is -2.34. The number of aromatic amines is 1. The van der Waals surface area contributed by atoms with Crippen molar-refractivity contribution in [1.29, 1.82) is 0 Å². The van der Waals surface area contributed by atoms with E-state index in [-0.39, 0.29) is 6.42 Å². The van der Waals surface area contributed by atoms with E-state index in [9.17, 15) is 4.79 Å². The Kier molecular flexibility index (Phi) is 3.39. The lowest BCUT2D eigenvalue weighted by molar-refractivity contribution is -0.136. The molecular formula is C14H13N3O2S. The minimum atomic E-state index is -0.798. The number of carboxylic acid groups (broad SMARTS) is 1. The molecule has 1 aromatic carbocycles. The number of anilines is 1. The Morgan fingerprint density at radius 1 is 1.30 bits per heavy atom. The molecule has 0 aliphatic rings. The number of aliphatic carboxylic acids is 1. The second-order valence-corrected chi connectivity index (χ2v) is 5.68. The molecule has 0 unspecified atom stereocenters. The van der Waals surface area contributed by atoms with Gasteiger partial charge in [-0.1, -0.05) is 12.1 Å². The Morgan fingerprint density at radius 2 is 2.15 bits per heavy atom. The van der Waals surface area contributed by atoms with Crippen molar-refractivity contribution in [3.63, 3.8) is 0 Å². The van der Waals surface area contributed by atoms with Gasteiger partial charge in [0.05, 0.1) is 23.8 Å². The van der Waals surface area contributed by atoms with Crippen LogP contribution >= 0.6 is 11.3 Å². The second kappa shape index (κ2) is 5.34. The van der Waals surface area contributed by atoms with E-state index in [1.54, 1.807) is 6.20 Å². The van der Waals surface area contributed by atoms with Gasteiger partial charge in [-0.25, -0.2) is 0 Å². The number of thiophene rings is 1. The Morgan fingerprint density at radius 3 is 3.00 bits per heavy atom.